The monoisotopic (exact) mass is 400 g/mol. The van der Waals surface area contributed by atoms with Crippen molar-refractivity contribution in [3.8, 4) is 0 Å². The topological polar surface area (TPSA) is 66.8 Å². The van der Waals surface area contributed by atoms with Crippen LogP contribution in [0.15, 0.2) is 97.1 Å². The van der Waals surface area contributed by atoms with Gasteiger partial charge in [0, 0.05) is 13.3 Å². The van der Waals surface area contributed by atoms with E-state index < -0.39 is 23.3 Å². The Bertz CT molecular complexity index is 1050. The predicted octanol–water partition coefficient (Wildman–Crippen LogP) is 4.18. The zero-order chi connectivity index (χ0) is 21.2. The second kappa shape index (κ2) is 7.90. The molecule has 4 rings (SSSR count). The number of aliphatic hydroxyl groups excluding tert-OH is 1. The van der Waals surface area contributed by atoms with Crippen molar-refractivity contribution in [1.29, 1.82) is 0 Å². The number of ether oxygens (including phenoxy) is 1. The van der Waals surface area contributed by atoms with Crippen LogP contribution in [0.5, 0.6) is 0 Å². The average molecular weight is 400 g/mol. The minimum Gasteiger partial charge on any atom is -0.451 e. The van der Waals surface area contributed by atoms with E-state index in [1.54, 1.807) is 6.08 Å². The predicted molar refractivity (Wildman–Crippen MR) is 115 cm³/mol. The maximum atomic E-state index is 12.2. The highest BCUT2D eigenvalue weighted by molar-refractivity contribution is 5.75. The SMILES string of the molecule is CC(=O)OC1(c2ccccc2)CC(O)(c2ccccc2)C=C(c2ccccc2)C1O. The molecule has 0 spiro atoms. The third kappa shape index (κ3) is 3.56. The number of benzene rings is 3. The van der Waals surface area contributed by atoms with Gasteiger partial charge in [0.15, 0.2) is 5.60 Å². The van der Waals surface area contributed by atoms with Gasteiger partial charge in [-0.05, 0) is 28.3 Å². The molecule has 0 bridgehead atoms. The molecule has 4 heteroatoms. The van der Waals surface area contributed by atoms with E-state index in [1.165, 1.54) is 6.92 Å². The fraction of sp³-hybridized carbons (Fsp3) is 0.192. The van der Waals surface area contributed by atoms with E-state index in [2.05, 4.69) is 0 Å². The van der Waals surface area contributed by atoms with Gasteiger partial charge < -0.3 is 14.9 Å². The lowest BCUT2D eigenvalue weighted by Crippen LogP contribution is -2.52. The maximum absolute atomic E-state index is 12.2. The quantitative estimate of drug-likeness (QED) is 0.645. The number of aliphatic hydroxyl groups is 2. The molecule has 3 unspecified atom stereocenters. The molecule has 0 aliphatic heterocycles. The van der Waals surface area contributed by atoms with Crippen LogP contribution >= 0.6 is 0 Å². The van der Waals surface area contributed by atoms with Crippen LogP contribution in [-0.2, 0) is 20.7 Å². The molecule has 0 heterocycles. The summed E-state index contributed by atoms with van der Waals surface area (Å²) in [6, 6.07) is 27.8. The summed E-state index contributed by atoms with van der Waals surface area (Å²) in [4.78, 5) is 12.2. The summed E-state index contributed by atoms with van der Waals surface area (Å²) >= 11 is 0. The normalized spacial score (nSPS) is 26.0. The van der Waals surface area contributed by atoms with Crippen molar-refractivity contribution in [2.75, 3.05) is 0 Å². The summed E-state index contributed by atoms with van der Waals surface area (Å²) < 4.78 is 5.86. The first-order valence-corrected chi connectivity index (χ1v) is 9.94. The lowest BCUT2D eigenvalue weighted by molar-refractivity contribution is -0.180. The van der Waals surface area contributed by atoms with Crippen LogP contribution < -0.4 is 0 Å². The highest BCUT2D eigenvalue weighted by Crippen LogP contribution is 2.50. The molecule has 152 valence electrons. The Morgan fingerprint density at radius 2 is 1.37 bits per heavy atom. The molecule has 0 aromatic heterocycles. The third-order valence-corrected chi connectivity index (χ3v) is 5.63. The summed E-state index contributed by atoms with van der Waals surface area (Å²) in [5.41, 5.74) is -0.333. The molecule has 0 saturated carbocycles. The molecular weight excluding hydrogens is 376 g/mol. The highest BCUT2D eigenvalue weighted by Gasteiger charge is 2.54. The lowest BCUT2D eigenvalue weighted by atomic mass is 9.67. The first kappa shape index (κ1) is 20.1. The van der Waals surface area contributed by atoms with E-state index in [0.29, 0.717) is 16.7 Å². The van der Waals surface area contributed by atoms with Crippen molar-refractivity contribution in [1.82, 2.24) is 0 Å². The van der Waals surface area contributed by atoms with E-state index >= 15 is 0 Å². The molecule has 0 amide bonds. The summed E-state index contributed by atoms with van der Waals surface area (Å²) in [6.07, 6.45) is 0.521. The molecule has 1 aliphatic carbocycles. The van der Waals surface area contributed by atoms with Gasteiger partial charge in [0.2, 0.25) is 0 Å². The van der Waals surface area contributed by atoms with Gasteiger partial charge >= 0.3 is 5.97 Å². The molecule has 3 aromatic rings. The van der Waals surface area contributed by atoms with Gasteiger partial charge in [0.25, 0.3) is 0 Å². The molecule has 30 heavy (non-hydrogen) atoms. The molecule has 3 aromatic carbocycles. The Balaban J connectivity index is 1.98. The zero-order valence-corrected chi connectivity index (χ0v) is 16.7. The summed E-state index contributed by atoms with van der Waals surface area (Å²) in [5, 5.41) is 23.4. The first-order valence-electron chi connectivity index (χ1n) is 9.94. The van der Waals surface area contributed by atoms with E-state index in [1.807, 2.05) is 91.0 Å². The number of rotatable bonds is 4. The van der Waals surface area contributed by atoms with Crippen LogP contribution in [0.4, 0.5) is 0 Å². The smallest absolute Gasteiger partial charge is 0.303 e. The van der Waals surface area contributed by atoms with Crippen molar-refractivity contribution in [2.24, 2.45) is 0 Å². The molecule has 2 N–H and O–H groups in total. The van der Waals surface area contributed by atoms with Gasteiger partial charge in [0.1, 0.15) is 11.7 Å². The Kier molecular flexibility index (Phi) is 5.29. The van der Waals surface area contributed by atoms with E-state index in [-0.39, 0.29) is 6.42 Å². The molecule has 0 fully saturated rings. The van der Waals surface area contributed by atoms with Crippen molar-refractivity contribution >= 4 is 11.5 Å². The van der Waals surface area contributed by atoms with Gasteiger partial charge in [-0.2, -0.15) is 0 Å². The van der Waals surface area contributed by atoms with Crippen molar-refractivity contribution in [3.05, 3.63) is 114 Å². The minimum absolute atomic E-state index is 0.00882. The summed E-state index contributed by atoms with van der Waals surface area (Å²) in [6.45, 7) is 1.32. The molecular formula is C26H24O4. The third-order valence-electron chi connectivity index (χ3n) is 5.63. The summed E-state index contributed by atoms with van der Waals surface area (Å²) in [7, 11) is 0. The Morgan fingerprint density at radius 3 is 1.90 bits per heavy atom. The number of hydrogen-bond acceptors (Lipinski definition) is 4. The number of hydrogen-bond donors (Lipinski definition) is 2. The Labute approximate surface area is 176 Å². The fourth-order valence-corrected chi connectivity index (χ4v) is 4.31. The average Bonchev–Trinajstić information content (AvgIpc) is 2.77. The second-order valence-electron chi connectivity index (χ2n) is 7.68. The van der Waals surface area contributed by atoms with Crippen LogP contribution in [-0.4, -0.2) is 22.3 Å². The number of esters is 1. The van der Waals surface area contributed by atoms with Gasteiger partial charge in [-0.25, -0.2) is 0 Å². The molecule has 0 saturated heterocycles. The van der Waals surface area contributed by atoms with Gasteiger partial charge in [-0.1, -0.05) is 91.0 Å². The molecule has 3 atom stereocenters. The first-order chi connectivity index (χ1) is 14.4. The minimum atomic E-state index is -1.45. The highest BCUT2D eigenvalue weighted by atomic mass is 16.6. The zero-order valence-electron chi connectivity index (χ0n) is 16.7. The van der Waals surface area contributed by atoms with Crippen molar-refractivity contribution in [2.45, 2.75) is 30.7 Å². The largest absolute Gasteiger partial charge is 0.451 e. The van der Waals surface area contributed by atoms with E-state index in [4.69, 9.17) is 4.74 Å². The van der Waals surface area contributed by atoms with Crippen LogP contribution in [0.25, 0.3) is 5.57 Å². The lowest BCUT2D eigenvalue weighted by Gasteiger charge is -2.47. The Hall–Kier alpha value is -3.21. The van der Waals surface area contributed by atoms with Crippen LogP contribution in [0, 0.1) is 0 Å². The van der Waals surface area contributed by atoms with Gasteiger partial charge in [0.05, 0.1) is 0 Å². The van der Waals surface area contributed by atoms with E-state index in [9.17, 15) is 15.0 Å². The molecule has 4 nitrogen and oxygen atoms in total. The van der Waals surface area contributed by atoms with E-state index in [0.717, 1.165) is 5.56 Å². The van der Waals surface area contributed by atoms with Crippen LogP contribution in [0.1, 0.15) is 30.0 Å². The standard InChI is InChI=1S/C26H24O4/c1-19(27)30-26(22-15-9-4-10-16-22)18-25(29,21-13-7-3-8-14-21)17-23(24(26)28)20-11-5-2-6-12-20/h2-17,24,28-29H,18H2,1H3. The molecule has 0 radical (unpaired) electrons. The fourth-order valence-electron chi connectivity index (χ4n) is 4.31. The second-order valence-corrected chi connectivity index (χ2v) is 7.68. The van der Waals surface area contributed by atoms with Crippen LogP contribution in [0.2, 0.25) is 0 Å². The Morgan fingerprint density at radius 1 is 0.867 bits per heavy atom. The van der Waals surface area contributed by atoms with Gasteiger partial charge in [-0.15, -0.1) is 0 Å². The van der Waals surface area contributed by atoms with Crippen molar-refractivity contribution in [3.63, 3.8) is 0 Å². The van der Waals surface area contributed by atoms with Crippen molar-refractivity contribution < 1.29 is 19.7 Å². The number of carbonyl (C=O) groups is 1. The number of carbonyl (C=O) groups excluding carboxylic acids is 1. The maximum Gasteiger partial charge on any atom is 0.303 e. The molecule has 1 aliphatic rings. The van der Waals surface area contributed by atoms with Crippen LogP contribution in [0.3, 0.4) is 0 Å². The summed E-state index contributed by atoms with van der Waals surface area (Å²) in [5.74, 6) is -0.525. The van der Waals surface area contributed by atoms with Gasteiger partial charge in [-0.3, -0.25) is 4.79 Å².